The summed E-state index contributed by atoms with van der Waals surface area (Å²) in [6.45, 7) is 10.1. The van der Waals surface area contributed by atoms with Crippen molar-refractivity contribution in [3.05, 3.63) is 0 Å². The van der Waals surface area contributed by atoms with Crippen LogP contribution in [0.25, 0.3) is 0 Å². The maximum atomic E-state index is 5.04. The molecule has 0 aromatic carbocycles. The van der Waals surface area contributed by atoms with Gasteiger partial charge in [0.2, 0.25) is 0 Å². The van der Waals surface area contributed by atoms with E-state index in [1.807, 2.05) is 0 Å². The fourth-order valence-electron chi connectivity index (χ4n) is 1.54. The Labute approximate surface area is 89.4 Å². The largest absolute Gasteiger partial charge is 0.385 e. The maximum Gasteiger partial charge on any atom is 0.0462 e. The fourth-order valence-corrected chi connectivity index (χ4v) is 1.54. The molecule has 0 aliphatic carbocycles. The second-order valence-corrected chi connectivity index (χ2v) is 4.79. The topological polar surface area (TPSA) is 21.3 Å². The zero-order chi connectivity index (χ0) is 10.9. The monoisotopic (exact) mass is 201 g/mol. The highest BCUT2D eigenvalue weighted by molar-refractivity contribution is 4.71. The van der Waals surface area contributed by atoms with Gasteiger partial charge < -0.3 is 10.1 Å². The molecule has 14 heavy (non-hydrogen) atoms. The van der Waals surface area contributed by atoms with Crippen molar-refractivity contribution in [1.29, 1.82) is 0 Å². The zero-order valence-electron chi connectivity index (χ0n) is 10.4. The summed E-state index contributed by atoms with van der Waals surface area (Å²) in [5, 5.41) is 3.48. The molecular weight excluding hydrogens is 174 g/mol. The van der Waals surface area contributed by atoms with Crippen LogP contribution in [-0.2, 0) is 4.74 Å². The van der Waals surface area contributed by atoms with E-state index in [9.17, 15) is 0 Å². The molecular formula is C12H27NO. The minimum atomic E-state index is 0.433. The molecule has 2 heteroatoms. The number of nitrogens with one attached hydrogen (secondary N) is 1. The van der Waals surface area contributed by atoms with Gasteiger partial charge >= 0.3 is 0 Å². The highest BCUT2D eigenvalue weighted by Gasteiger charge is 2.16. The van der Waals surface area contributed by atoms with Crippen molar-refractivity contribution < 1.29 is 4.74 Å². The predicted octanol–water partition coefficient (Wildman–Crippen LogP) is 2.83. The molecule has 2 nitrogen and oxygen atoms in total. The minimum absolute atomic E-state index is 0.433. The van der Waals surface area contributed by atoms with Crippen molar-refractivity contribution in [2.45, 2.75) is 46.5 Å². The Morgan fingerprint density at radius 3 is 2.50 bits per heavy atom. The highest BCUT2D eigenvalue weighted by Crippen LogP contribution is 2.21. The normalized spacial score (nSPS) is 12.0. The van der Waals surface area contributed by atoms with Gasteiger partial charge in [0.05, 0.1) is 0 Å². The minimum Gasteiger partial charge on any atom is -0.385 e. The third kappa shape index (κ3) is 8.52. The average Bonchev–Trinajstić information content (AvgIpc) is 2.13. The van der Waals surface area contributed by atoms with Crippen LogP contribution in [0.4, 0.5) is 0 Å². The lowest BCUT2D eigenvalue weighted by atomic mass is 9.87. The number of unbranched alkanes of at least 4 members (excludes halogenated alkanes) is 1. The number of rotatable bonds is 9. The molecule has 0 bridgehead atoms. The van der Waals surface area contributed by atoms with Crippen LogP contribution < -0.4 is 5.32 Å². The summed E-state index contributed by atoms with van der Waals surface area (Å²) in [4.78, 5) is 0. The van der Waals surface area contributed by atoms with Crippen molar-refractivity contribution in [1.82, 2.24) is 5.32 Å². The summed E-state index contributed by atoms with van der Waals surface area (Å²) < 4.78 is 5.04. The van der Waals surface area contributed by atoms with Gasteiger partial charge in [0, 0.05) is 20.3 Å². The van der Waals surface area contributed by atoms with E-state index in [1.165, 1.54) is 25.7 Å². The van der Waals surface area contributed by atoms with Crippen LogP contribution in [-0.4, -0.2) is 26.8 Å². The summed E-state index contributed by atoms with van der Waals surface area (Å²) in [6, 6.07) is 0. The van der Waals surface area contributed by atoms with Gasteiger partial charge in [0.15, 0.2) is 0 Å². The third-order valence-corrected chi connectivity index (χ3v) is 2.48. The average molecular weight is 201 g/mol. The Hall–Kier alpha value is -0.0800. The van der Waals surface area contributed by atoms with E-state index in [2.05, 4.69) is 26.1 Å². The number of methoxy groups -OCH3 is 1. The lowest BCUT2D eigenvalue weighted by molar-refractivity contribution is 0.185. The molecule has 0 fully saturated rings. The molecule has 1 N–H and O–H groups in total. The van der Waals surface area contributed by atoms with Gasteiger partial charge in [0.25, 0.3) is 0 Å². The fraction of sp³-hybridized carbons (Fsp3) is 1.00. The first-order chi connectivity index (χ1) is 6.62. The molecule has 0 spiro atoms. The standard InChI is InChI=1S/C12H27NO/c1-5-9-13-11-12(2,3)8-6-7-10-14-4/h13H,5-11H2,1-4H3. The highest BCUT2D eigenvalue weighted by atomic mass is 16.5. The van der Waals surface area contributed by atoms with Gasteiger partial charge in [-0.15, -0.1) is 0 Å². The molecule has 0 heterocycles. The van der Waals surface area contributed by atoms with Gasteiger partial charge in [-0.1, -0.05) is 27.2 Å². The Bertz CT molecular complexity index is 123. The van der Waals surface area contributed by atoms with Crippen LogP contribution in [0.1, 0.15) is 46.5 Å². The van der Waals surface area contributed by atoms with Crippen LogP contribution in [0.2, 0.25) is 0 Å². The van der Waals surface area contributed by atoms with Crippen LogP contribution in [0, 0.1) is 5.41 Å². The van der Waals surface area contributed by atoms with Gasteiger partial charge in [0.1, 0.15) is 0 Å². The molecule has 0 saturated heterocycles. The molecule has 0 aliphatic heterocycles. The summed E-state index contributed by atoms with van der Waals surface area (Å²) in [5.41, 5.74) is 0.433. The molecule has 0 atom stereocenters. The molecule has 0 rings (SSSR count). The smallest absolute Gasteiger partial charge is 0.0462 e. The van der Waals surface area contributed by atoms with Gasteiger partial charge in [-0.05, 0) is 31.2 Å². The molecule has 0 aliphatic rings. The third-order valence-electron chi connectivity index (χ3n) is 2.48. The Balaban J connectivity index is 3.40. The van der Waals surface area contributed by atoms with Crippen LogP contribution in [0.3, 0.4) is 0 Å². The van der Waals surface area contributed by atoms with E-state index in [1.54, 1.807) is 7.11 Å². The van der Waals surface area contributed by atoms with Crippen molar-refractivity contribution in [3.63, 3.8) is 0 Å². The molecule has 0 aromatic rings. The first-order valence-electron chi connectivity index (χ1n) is 5.82. The van der Waals surface area contributed by atoms with Crippen molar-refractivity contribution in [2.24, 2.45) is 5.41 Å². The van der Waals surface area contributed by atoms with Gasteiger partial charge in [-0.3, -0.25) is 0 Å². The van der Waals surface area contributed by atoms with E-state index in [-0.39, 0.29) is 0 Å². The molecule has 0 radical (unpaired) electrons. The molecule has 86 valence electrons. The summed E-state index contributed by atoms with van der Waals surface area (Å²) in [5.74, 6) is 0. The summed E-state index contributed by atoms with van der Waals surface area (Å²) in [6.07, 6.45) is 4.97. The summed E-state index contributed by atoms with van der Waals surface area (Å²) >= 11 is 0. The SMILES string of the molecule is CCCNCC(C)(C)CCCCOC. The first-order valence-corrected chi connectivity index (χ1v) is 5.82. The van der Waals surface area contributed by atoms with E-state index in [4.69, 9.17) is 4.74 Å². The van der Waals surface area contributed by atoms with Crippen molar-refractivity contribution in [3.8, 4) is 0 Å². The lowest BCUT2D eigenvalue weighted by Gasteiger charge is -2.25. The molecule has 0 saturated carbocycles. The summed E-state index contributed by atoms with van der Waals surface area (Å²) in [7, 11) is 1.77. The lowest BCUT2D eigenvalue weighted by Crippen LogP contribution is -2.29. The van der Waals surface area contributed by atoms with Crippen molar-refractivity contribution >= 4 is 0 Å². The molecule has 0 aromatic heterocycles. The van der Waals surface area contributed by atoms with Gasteiger partial charge in [-0.2, -0.15) is 0 Å². The second kappa shape index (κ2) is 8.25. The maximum absolute atomic E-state index is 5.04. The predicted molar refractivity (Wildman–Crippen MR) is 62.7 cm³/mol. The number of hydrogen-bond acceptors (Lipinski definition) is 2. The van der Waals surface area contributed by atoms with E-state index in [0.29, 0.717) is 5.41 Å². The Morgan fingerprint density at radius 1 is 1.21 bits per heavy atom. The number of ether oxygens (including phenoxy) is 1. The van der Waals surface area contributed by atoms with E-state index in [0.717, 1.165) is 19.7 Å². The van der Waals surface area contributed by atoms with E-state index >= 15 is 0 Å². The van der Waals surface area contributed by atoms with Gasteiger partial charge in [-0.25, -0.2) is 0 Å². The number of hydrogen-bond donors (Lipinski definition) is 1. The molecule has 0 amide bonds. The first kappa shape index (κ1) is 13.9. The zero-order valence-corrected chi connectivity index (χ0v) is 10.4. The Kier molecular flexibility index (Phi) is 8.20. The quantitative estimate of drug-likeness (QED) is 0.579. The van der Waals surface area contributed by atoms with Crippen LogP contribution >= 0.6 is 0 Å². The van der Waals surface area contributed by atoms with E-state index < -0.39 is 0 Å². The Morgan fingerprint density at radius 2 is 1.93 bits per heavy atom. The second-order valence-electron chi connectivity index (χ2n) is 4.79. The molecule has 0 unspecified atom stereocenters. The van der Waals surface area contributed by atoms with Crippen LogP contribution in [0.15, 0.2) is 0 Å². The van der Waals surface area contributed by atoms with Crippen LogP contribution in [0.5, 0.6) is 0 Å². The van der Waals surface area contributed by atoms with Crippen molar-refractivity contribution in [2.75, 3.05) is 26.8 Å².